The smallest absolute Gasteiger partial charge is 0.163 e. The summed E-state index contributed by atoms with van der Waals surface area (Å²) in [7, 11) is 0. The van der Waals surface area contributed by atoms with Crippen LogP contribution in [0, 0.1) is 23.2 Å². The van der Waals surface area contributed by atoms with Gasteiger partial charge >= 0.3 is 0 Å². The average molecular weight is 304 g/mol. The Morgan fingerprint density at radius 1 is 0.870 bits per heavy atom. The quantitative estimate of drug-likeness (QED) is 0.672. The lowest BCUT2D eigenvalue weighted by molar-refractivity contribution is -0.0524. The molecule has 0 spiro atoms. The van der Waals surface area contributed by atoms with E-state index in [0.717, 1.165) is 29.7 Å². The number of benzene rings is 2. The number of carbonyl (C=O) groups is 1. The van der Waals surface area contributed by atoms with E-state index in [-0.39, 0.29) is 0 Å². The lowest BCUT2D eigenvalue weighted by atomic mass is 9.48. The van der Waals surface area contributed by atoms with Crippen LogP contribution in [0.15, 0.2) is 42.5 Å². The van der Waals surface area contributed by atoms with Crippen LogP contribution in [0.3, 0.4) is 0 Å². The second-order valence-electron chi connectivity index (χ2n) is 8.58. The predicted molar refractivity (Wildman–Crippen MR) is 93.5 cm³/mol. The van der Waals surface area contributed by atoms with Crippen molar-refractivity contribution in [1.82, 2.24) is 0 Å². The van der Waals surface area contributed by atoms with Crippen LogP contribution >= 0.6 is 0 Å². The third-order valence-electron chi connectivity index (χ3n) is 6.77. The Balaban J connectivity index is 1.42. The summed E-state index contributed by atoms with van der Waals surface area (Å²) in [5.41, 5.74) is 1.26. The number of carbonyl (C=O) groups excluding carboxylic acids is 1. The summed E-state index contributed by atoms with van der Waals surface area (Å²) < 4.78 is 0. The van der Waals surface area contributed by atoms with Gasteiger partial charge in [-0.3, -0.25) is 4.79 Å². The molecule has 1 heteroatoms. The molecule has 0 heterocycles. The zero-order chi connectivity index (χ0) is 15.4. The van der Waals surface area contributed by atoms with Gasteiger partial charge in [0.2, 0.25) is 0 Å². The number of hydrogen-bond donors (Lipinski definition) is 0. The van der Waals surface area contributed by atoms with Crippen LogP contribution in [0.1, 0.15) is 55.3 Å². The minimum atomic E-state index is 0.345. The minimum Gasteiger partial charge on any atom is -0.294 e. The molecule has 0 saturated heterocycles. The fraction of sp³-hybridized carbons (Fsp3) is 0.500. The van der Waals surface area contributed by atoms with Gasteiger partial charge in [0.15, 0.2) is 5.78 Å². The lowest BCUT2D eigenvalue weighted by Gasteiger charge is -2.56. The standard InChI is InChI=1S/C22H24O/c23-21(20-6-5-18-3-1-2-4-19(18)10-20)14-22-11-15-7-16(12-22)9-17(8-15)13-22/h1-6,10,15-17H,7-9,11-14H2. The third-order valence-corrected chi connectivity index (χ3v) is 6.77. The maximum absolute atomic E-state index is 13.0. The summed E-state index contributed by atoms with van der Waals surface area (Å²) >= 11 is 0. The molecule has 6 rings (SSSR count). The van der Waals surface area contributed by atoms with Gasteiger partial charge in [0.25, 0.3) is 0 Å². The van der Waals surface area contributed by atoms with Crippen molar-refractivity contribution >= 4 is 16.6 Å². The Hall–Kier alpha value is -1.63. The molecule has 0 unspecified atom stereocenters. The molecule has 0 amide bonds. The fourth-order valence-electron chi connectivity index (χ4n) is 6.31. The van der Waals surface area contributed by atoms with Crippen molar-refractivity contribution in [2.45, 2.75) is 44.9 Å². The lowest BCUT2D eigenvalue weighted by Crippen LogP contribution is -2.46. The van der Waals surface area contributed by atoms with Gasteiger partial charge in [0.1, 0.15) is 0 Å². The Kier molecular flexibility index (Phi) is 2.95. The second kappa shape index (κ2) is 4.93. The van der Waals surface area contributed by atoms with Crippen LogP contribution in [-0.2, 0) is 0 Å². The van der Waals surface area contributed by atoms with E-state index < -0.39 is 0 Å². The van der Waals surface area contributed by atoms with Gasteiger partial charge < -0.3 is 0 Å². The fourth-order valence-corrected chi connectivity index (χ4v) is 6.31. The predicted octanol–water partition coefficient (Wildman–Crippen LogP) is 5.63. The molecule has 4 aliphatic carbocycles. The zero-order valence-electron chi connectivity index (χ0n) is 13.6. The molecule has 0 aromatic heterocycles. The number of Topliss-reactive ketones (excluding diaryl/α,β-unsaturated/α-hetero) is 1. The van der Waals surface area contributed by atoms with E-state index in [2.05, 4.69) is 36.4 Å². The van der Waals surface area contributed by atoms with Crippen LogP contribution in [0.25, 0.3) is 10.8 Å². The monoisotopic (exact) mass is 304 g/mol. The first-order valence-electron chi connectivity index (χ1n) is 9.21. The topological polar surface area (TPSA) is 17.1 Å². The highest BCUT2D eigenvalue weighted by molar-refractivity contribution is 6.00. The van der Waals surface area contributed by atoms with E-state index in [1.807, 2.05) is 6.07 Å². The summed E-state index contributed by atoms with van der Waals surface area (Å²) in [6, 6.07) is 14.6. The molecule has 2 aromatic carbocycles. The zero-order valence-corrected chi connectivity index (χ0v) is 13.6. The largest absolute Gasteiger partial charge is 0.294 e. The van der Waals surface area contributed by atoms with Crippen LogP contribution < -0.4 is 0 Å². The Morgan fingerprint density at radius 2 is 1.48 bits per heavy atom. The van der Waals surface area contributed by atoms with Crippen molar-refractivity contribution in [3.63, 3.8) is 0 Å². The summed E-state index contributed by atoms with van der Waals surface area (Å²) in [6.07, 6.45) is 9.08. The van der Waals surface area contributed by atoms with Crippen LogP contribution in [0.4, 0.5) is 0 Å². The van der Waals surface area contributed by atoms with Gasteiger partial charge in [-0.1, -0.05) is 36.4 Å². The molecule has 4 fully saturated rings. The van der Waals surface area contributed by atoms with E-state index >= 15 is 0 Å². The molecule has 4 saturated carbocycles. The van der Waals surface area contributed by atoms with Crippen molar-refractivity contribution in [3.8, 4) is 0 Å². The molecule has 0 aliphatic heterocycles. The van der Waals surface area contributed by atoms with Crippen molar-refractivity contribution in [1.29, 1.82) is 0 Å². The second-order valence-corrected chi connectivity index (χ2v) is 8.58. The average Bonchev–Trinajstić information content (AvgIpc) is 2.52. The van der Waals surface area contributed by atoms with Crippen LogP contribution in [-0.4, -0.2) is 5.78 Å². The van der Waals surface area contributed by atoms with Gasteiger partial charge in [-0.15, -0.1) is 0 Å². The number of fused-ring (bicyclic) bond motifs is 1. The number of hydrogen-bond acceptors (Lipinski definition) is 1. The maximum atomic E-state index is 13.0. The van der Waals surface area contributed by atoms with Gasteiger partial charge in [-0.25, -0.2) is 0 Å². The molecule has 0 radical (unpaired) electrons. The molecule has 0 atom stereocenters. The first-order valence-corrected chi connectivity index (χ1v) is 9.21. The molecule has 4 aliphatic rings. The highest BCUT2D eigenvalue weighted by atomic mass is 16.1. The maximum Gasteiger partial charge on any atom is 0.163 e. The van der Waals surface area contributed by atoms with Crippen molar-refractivity contribution in [3.05, 3.63) is 48.0 Å². The van der Waals surface area contributed by atoms with E-state index in [1.165, 1.54) is 49.3 Å². The van der Waals surface area contributed by atoms with Crippen molar-refractivity contribution in [2.24, 2.45) is 23.2 Å². The molecular formula is C22H24O. The third kappa shape index (κ3) is 2.33. The molecule has 0 N–H and O–H groups in total. The van der Waals surface area contributed by atoms with Crippen LogP contribution in [0.5, 0.6) is 0 Å². The first kappa shape index (κ1) is 13.8. The Morgan fingerprint density at radius 3 is 2.13 bits per heavy atom. The molecule has 4 bridgehead atoms. The van der Waals surface area contributed by atoms with E-state index in [0.29, 0.717) is 11.2 Å². The number of rotatable bonds is 3. The number of ketones is 1. The van der Waals surface area contributed by atoms with Crippen molar-refractivity contribution < 1.29 is 4.79 Å². The van der Waals surface area contributed by atoms with Gasteiger partial charge in [0.05, 0.1) is 0 Å². The molecule has 118 valence electrons. The van der Waals surface area contributed by atoms with Gasteiger partial charge in [-0.2, -0.15) is 0 Å². The SMILES string of the molecule is O=C(CC12CC3CC(CC(C3)C1)C2)c1ccc2ccccc2c1. The minimum absolute atomic E-state index is 0.345. The summed E-state index contributed by atoms with van der Waals surface area (Å²) in [5.74, 6) is 3.14. The summed E-state index contributed by atoms with van der Waals surface area (Å²) in [6.45, 7) is 0. The van der Waals surface area contributed by atoms with Crippen LogP contribution in [0.2, 0.25) is 0 Å². The first-order chi connectivity index (χ1) is 11.2. The Labute approximate surface area is 138 Å². The molecular weight excluding hydrogens is 280 g/mol. The highest BCUT2D eigenvalue weighted by Crippen LogP contribution is 2.61. The Bertz CT molecular complexity index is 737. The summed E-state index contributed by atoms with van der Waals surface area (Å²) in [4.78, 5) is 13.0. The molecule has 1 nitrogen and oxygen atoms in total. The van der Waals surface area contributed by atoms with E-state index in [4.69, 9.17) is 0 Å². The van der Waals surface area contributed by atoms with Crippen molar-refractivity contribution in [2.75, 3.05) is 0 Å². The molecule has 23 heavy (non-hydrogen) atoms. The van der Waals surface area contributed by atoms with Gasteiger partial charge in [-0.05, 0) is 78.5 Å². The van der Waals surface area contributed by atoms with Gasteiger partial charge in [0, 0.05) is 12.0 Å². The van der Waals surface area contributed by atoms with E-state index in [1.54, 1.807) is 0 Å². The highest BCUT2D eigenvalue weighted by Gasteiger charge is 2.51. The normalized spacial score (nSPS) is 34.9. The summed E-state index contributed by atoms with van der Waals surface area (Å²) in [5, 5.41) is 2.41. The van der Waals surface area contributed by atoms with E-state index in [9.17, 15) is 4.79 Å². The molecule has 2 aromatic rings.